The number of ether oxygens (including phenoxy) is 4. The Bertz CT molecular complexity index is 501. The van der Waals surface area contributed by atoms with Gasteiger partial charge < -0.3 is 24.1 Å². The molecule has 1 aromatic carbocycles. The van der Waals surface area contributed by atoms with Gasteiger partial charge >= 0.3 is 5.97 Å². The SMILES string of the molecule is COC(=O)C(O)c1cc2c(c(F)c1OC)OCCO2. The van der Waals surface area contributed by atoms with Crippen molar-refractivity contribution in [3.8, 4) is 17.2 Å². The molecule has 0 saturated carbocycles. The number of carbonyl (C=O) groups excluding carboxylic acids is 1. The molecule has 0 aliphatic carbocycles. The molecule has 1 aromatic rings. The highest BCUT2D eigenvalue weighted by Gasteiger charge is 2.30. The molecule has 0 amide bonds. The zero-order chi connectivity index (χ0) is 14.0. The summed E-state index contributed by atoms with van der Waals surface area (Å²) in [6.07, 6.45) is -1.66. The number of aliphatic hydroxyl groups is 1. The minimum absolute atomic E-state index is 0.0731. The first-order chi connectivity index (χ1) is 9.10. The summed E-state index contributed by atoms with van der Waals surface area (Å²) >= 11 is 0. The number of benzene rings is 1. The Labute approximate surface area is 108 Å². The number of fused-ring (bicyclic) bond motifs is 1. The van der Waals surface area contributed by atoms with Gasteiger partial charge in [-0.1, -0.05) is 0 Å². The van der Waals surface area contributed by atoms with Gasteiger partial charge in [-0.2, -0.15) is 4.39 Å². The van der Waals surface area contributed by atoms with Crippen molar-refractivity contribution >= 4 is 5.97 Å². The van der Waals surface area contributed by atoms with Gasteiger partial charge in [0, 0.05) is 5.56 Å². The Morgan fingerprint density at radius 2 is 2.11 bits per heavy atom. The number of carbonyl (C=O) groups is 1. The first-order valence-corrected chi connectivity index (χ1v) is 5.52. The normalized spacial score (nSPS) is 14.7. The summed E-state index contributed by atoms with van der Waals surface area (Å²) in [7, 11) is 2.34. The average Bonchev–Trinajstić information content (AvgIpc) is 2.45. The molecule has 2 rings (SSSR count). The lowest BCUT2D eigenvalue weighted by Crippen LogP contribution is -2.19. The Morgan fingerprint density at radius 1 is 1.42 bits per heavy atom. The maximum absolute atomic E-state index is 14.1. The summed E-state index contributed by atoms with van der Waals surface area (Å²) < 4.78 is 33.8. The zero-order valence-electron chi connectivity index (χ0n) is 10.4. The quantitative estimate of drug-likeness (QED) is 0.821. The van der Waals surface area contributed by atoms with E-state index < -0.39 is 17.9 Å². The summed E-state index contributed by atoms with van der Waals surface area (Å²) in [5.41, 5.74) is -0.0731. The molecule has 0 radical (unpaired) electrons. The highest BCUT2D eigenvalue weighted by molar-refractivity contribution is 5.78. The maximum Gasteiger partial charge on any atom is 0.339 e. The van der Waals surface area contributed by atoms with Crippen LogP contribution in [0.25, 0.3) is 0 Å². The van der Waals surface area contributed by atoms with E-state index in [4.69, 9.17) is 14.2 Å². The minimum atomic E-state index is -1.66. The van der Waals surface area contributed by atoms with Crippen molar-refractivity contribution in [2.24, 2.45) is 0 Å². The van der Waals surface area contributed by atoms with E-state index in [1.165, 1.54) is 13.2 Å². The molecular weight excluding hydrogens is 259 g/mol. The third kappa shape index (κ3) is 2.28. The predicted octanol–water partition coefficient (Wildman–Crippen LogP) is 0.812. The van der Waals surface area contributed by atoms with Crippen molar-refractivity contribution in [1.29, 1.82) is 0 Å². The molecule has 1 aliphatic heterocycles. The summed E-state index contributed by atoms with van der Waals surface area (Å²) in [6, 6.07) is 1.30. The molecule has 1 unspecified atom stereocenters. The smallest absolute Gasteiger partial charge is 0.339 e. The van der Waals surface area contributed by atoms with Crippen LogP contribution in [0.5, 0.6) is 17.2 Å². The van der Waals surface area contributed by atoms with Crippen LogP contribution in [0.2, 0.25) is 0 Å². The van der Waals surface area contributed by atoms with E-state index in [0.717, 1.165) is 7.11 Å². The third-order valence-corrected chi connectivity index (χ3v) is 2.68. The van der Waals surface area contributed by atoms with Crippen LogP contribution in [-0.4, -0.2) is 38.5 Å². The Hall–Kier alpha value is -2.02. The van der Waals surface area contributed by atoms with Gasteiger partial charge in [0.15, 0.2) is 17.6 Å². The second-order valence-corrected chi connectivity index (χ2v) is 3.76. The molecular formula is C12H13FO6. The highest BCUT2D eigenvalue weighted by Crippen LogP contribution is 2.42. The first kappa shape index (κ1) is 13.4. The first-order valence-electron chi connectivity index (χ1n) is 5.52. The van der Waals surface area contributed by atoms with Crippen LogP contribution in [0.4, 0.5) is 4.39 Å². The second-order valence-electron chi connectivity index (χ2n) is 3.76. The highest BCUT2D eigenvalue weighted by atomic mass is 19.1. The topological polar surface area (TPSA) is 74.2 Å². The van der Waals surface area contributed by atoms with Gasteiger partial charge in [0.2, 0.25) is 11.6 Å². The third-order valence-electron chi connectivity index (χ3n) is 2.68. The fraction of sp³-hybridized carbons (Fsp3) is 0.417. The van der Waals surface area contributed by atoms with Gasteiger partial charge in [-0.15, -0.1) is 0 Å². The van der Waals surface area contributed by atoms with Crippen molar-refractivity contribution in [2.75, 3.05) is 27.4 Å². The molecule has 0 bridgehead atoms. The molecule has 6 nitrogen and oxygen atoms in total. The van der Waals surface area contributed by atoms with Crippen molar-refractivity contribution < 1.29 is 33.2 Å². The second kappa shape index (κ2) is 5.31. The molecule has 1 atom stereocenters. The van der Waals surface area contributed by atoms with Crippen LogP contribution in [0.15, 0.2) is 6.07 Å². The average molecular weight is 272 g/mol. The molecule has 0 saturated heterocycles. The van der Waals surface area contributed by atoms with Crippen molar-refractivity contribution in [2.45, 2.75) is 6.10 Å². The maximum atomic E-state index is 14.1. The monoisotopic (exact) mass is 272 g/mol. The van der Waals surface area contributed by atoms with E-state index in [2.05, 4.69) is 4.74 Å². The van der Waals surface area contributed by atoms with E-state index in [1.807, 2.05) is 0 Å². The molecule has 0 fully saturated rings. The Kier molecular flexibility index (Phi) is 3.75. The number of halogens is 1. The fourth-order valence-electron chi connectivity index (χ4n) is 1.80. The molecule has 1 aliphatic rings. The lowest BCUT2D eigenvalue weighted by molar-refractivity contribution is -0.150. The van der Waals surface area contributed by atoms with Crippen LogP contribution < -0.4 is 14.2 Å². The molecule has 19 heavy (non-hydrogen) atoms. The van der Waals surface area contributed by atoms with Gasteiger partial charge in [0.1, 0.15) is 13.2 Å². The van der Waals surface area contributed by atoms with Gasteiger partial charge in [-0.3, -0.25) is 0 Å². The van der Waals surface area contributed by atoms with Gasteiger partial charge in [-0.05, 0) is 6.07 Å². The molecule has 0 spiro atoms. The fourth-order valence-corrected chi connectivity index (χ4v) is 1.80. The van der Waals surface area contributed by atoms with Crippen molar-refractivity contribution in [3.63, 3.8) is 0 Å². The van der Waals surface area contributed by atoms with Crippen LogP contribution in [-0.2, 0) is 9.53 Å². The minimum Gasteiger partial charge on any atom is -0.493 e. The predicted molar refractivity (Wildman–Crippen MR) is 60.9 cm³/mol. The largest absolute Gasteiger partial charge is 0.493 e. The molecule has 1 heterocycles. The number of aliphatic hydroxyl groups excluding tert-OH is 1. The van der Waals surface area contributed by atoms with E-state index >= 15 is 0 Å². The summed E-state index contributed by atoms with van der Waals surface area (Å²) in [5, 5.41) is 9.81. The summed E-state index contributed by atoms with van der Waals surface area (Å²) in [5.74, 6) is -2.00. The number of methoxy groups -OCH3 is 2. The molecule has 104 valence electrons. The van der Waals surface area contributed by atoms with Gasteiger partial charge in [0.05, 0.1) is 14.2 Å². The van der Waals surface area contributed by atoms with Crippen molar-refractivity contribution in [1.82, 2.24) is 0 Å². The molecule has 1 N–H and O–H groups in total. The van der Waals surface area contributed by atoms with E-state index in [9.17, 15) is 14.3 Å². The lowest BCUT2D eigenvalue weighted by atomic mass is 10.1. The lowest BCUT2D eigenvalue weighted by Gasteiger charge is -2.22. The number of esters is 1. The van der Waals surface area contributed by atoms with E-state index in [-0.39, 0.29) is 36.0 Å². The van der Waals surface area contributed by atoms with E-state index in [0.29, 0.717) is 0 Å². The van der Waals surface area contributed by atoms with Crippen molar-refractivity contribution in [3.05, 3.63) is 17.4 Å². The van der Waals surface area contributed by atoms with E-state index in [1.54, 1.807) is 0 Å². The van der Waals surface area contributed by atoms with Crippen LogP contribution >= 0.6 is 0 Å². The van der Waals surface area contributed by atoms with Gasteiger partial charge in [0.25, 0.3) is 0 Å². The Balaban J connectivity index is 2.54. The number of hydrogen-bond donors (Lipinski definition) is 1. The summed E-state index contributed by atoms with van der Waals surface area (Å²) in [4.78, 5) is 11.3. The standard InChI is InChI=1S/C12H13FO6/c1-16-10-6(9(14)12(15)17-2)5-7-11(8(10)13)19-4-3-18-7/h5,9,14H,3-4H2,1-2H3. The molecule has 7 heteroatoms. The van der Waals surface area contributed by atoms with Gasteiger partial charge in [-0.25, -0.2) is 4.79 Å². The number of rotatable bonds is 3. The zero-order valence-corrected chi connectivity index (χ0v) is 10.4. The summed E-state index contributed by atoms with van der Waals surface area (Å²) in [6.45, 7) is 0.471. The van der Waals surface area contributed by atoms with Crippen LogP contribution in [0.1, 0.15) is 11.7 Å². The Morgan fingerprint density at radius 3 is 2.74 bits per heavy atom. The van der Waals surface area contributed by atoms with Crippen LogP contribution in [0, 0.1) is 5.82 Å². The number of hydrogen-bond acceptors (Lipinski definition) is 6. The van der Waals surface area contributed by atoms with Crippen LogP contribution in [0.3, 0.4) is 0 Å². The molecule has 0 aromatic heterocycles.